The van der Waals surface area contributed by atoms with Crippen LogP contribution in [0.15, 0.2) is 54.6 Å². The van der Waals surface area contributed by atoms with E-state index in [1.54, 1.807) is 24.3 Å². The second-order valence-electron chi connectivity index (χ2n) is 7.82. The van der Waals surface area contributed by atoms with Gasteiger partial charge in [-0.05, 0) is 52.1 Å². The van der Waals surface area contributed by atoms with E-state index in [1.807, 2.05) is 18.2 Å². The van der Waals surface area contributed by atoms with Crippen molar-refractivity contribution < 1.29 is 23.2 Å². The summed E-state index contributed by atoms with van der Waals surface area (Å²) in [6.45, 7) is 0.184. The molecule has 7 heteroatoms. The number of benzene rings is 3. The molecule has 3 aromatic rings. The molecule has 0 radical (unpaired) electrons. The Balaban J connectivity index is 1.63. The predicted octanol–water partition coefficient (Wildman–Crippen LogP) is 4.21. The predicted molar refractivity (Wildman–Crippen MR) is 110 cm³/mol. The van der Waals surface area contributed by atoms with Crippen LogP contribution in [0.3, 0.4) is 0 Å². The molecule has 0 bridgehead atoms. The Morgan fingerprint density at radius 3 is 2.48 bits per heavy atom. The molecular weight excluding hydrogens is 402 g/mol. The van der Waals surface area contributed by atoms with E-state index >= 15 is 0 Å². The smallest absolute Gasteiger partial charge is 0.263 e. The molecule has 3 aromatic carbocycles. The highest BCUT2D eigenvalue weighted by molar-refractivity contribution is 6.07. The molecule has 5 rings (SSSR count). The number of nitrogens with one attached hydrogen (secondary N) is 1. The van der Waals surface area contributed by atoms with Crippen LogP contribution in [0.2, 0.25) is 0 Å². The Morgan fingerprint density at radius 2 is 1.71 bits per heavy atom. The van der Waals surface area contributed by atoms with E-state index < -0.39 is 18.4 Å². The fraction of sp³-hybridized carbons (Fsp3) is 0.208. The first-order chi connectivity index (χ1) is 14.9. The van der Waals surface area contributed by atoms with Gasteiger partial charge in [-0.25, -0.2) is 8.78 Å². The molecule has 2 aliphatic rings. The zero-order valence-electron chi connectivity index (χ0n) is 16.4. The van der Waals surface area contributed by atoms with Crippen molar-refractivity contribution in [1.82, 2.24) is 10.2 Å². The van der Waals surface area contributed by atoms with Crippen molar-refractivity contribution in [3.63, 3.8) is 0 Å². The van der Waals surface area contributed by atoms with Crippen molar-refractivity contribution in [2.75, 3.05) is 0 Å². The number of alkyl halides is 2. The second-order valence-corrected chi connectivity index (χ2v) is 7.82. The van der Waals surface area contributed by atoms with Crippen LogP contribution >= 0.6 is 0 Å². The molecule has 0 aliphatic carbocycles. The minimum atomic E-state index is -2.62. The average Bonchev–Trinajstić information content (AvgIpc) is 3.09. The summed E-state index contributed by atoms with van der Waals surface area (Å²) < 4.78 is 27.1. The molecule has 1 fully saturated rings. The highest BCUT2D eigenvalue weighted by Crippen LogP contribution is 2.39. The zero-order chi connectivity index (χ0) is 21.7. The number of amides is 3. The van der Waals surface area contributed by atoms with Crippen LogP contribution in [0.5, 0.6) is 0 Å². The number of halogens is 2. The lowest BCUT2D eigenvalue weighted by Crippen LogP contribution is -2.52. The maximum absolute atomic E-state index is 13.6. The molecule has 0 spiro atoms. The minimum absolute atomic E-state index is 0.0855. The third-order valence-electron chi connectivity index (χ3n) is 6.01. The summed E-state index contributed by atoms with van der Waals surface area (Å²) in [7, 11) is 0. The number of nitrogens with zero attached hydrogens (tertiary/aromatic N) is 1. The Kier molecular flexibility index (Phi) is 4.54. The van der Waals surface area contributed by atoms with Gasteiger partial charge in [-0.3, -0.25) is 19.7 Å². The van der Waals surface area contributed by atoms with Crippen molar-refractivity contribution in [3.8, 4) is 11.1 Å². The lowest BCUT2D eigenvalue weighted by atomic mass is 9.91. The first-order valence-corrected chi connectivity index (χ1v) is 10.0. The Hall–Kier alpha value is -3.61. The SMILES string of the molecule is O=C1CCC(N2Cc3c(cccc3-c3cc(C(F)F)cc4ccccc34)C2=O)C(=O)N1. The second kappa shape index (κ2) is 7.27. The fourth-order valence-corrected chi connectivity index (χ4v) is 4.52. The topological polar surface area (TPSA) is 66.5 Å². The van der Waals surface area contributed by atoms with Crippen molar-refractivity contribution in [3.05, 3.63) is 71.3 Å². The summed E-state index contributed by atoms with van der Waals surface area (Å²) in [4.78, 5) is 38.4. The van der Waals surface area contributed by atoms with Crippen molar-refractivity contribution in [2.24, 2.45) is 0 Å². The lowest BCUT2D eigenvalue weighted by Gasteiger charge is -2.29. The monoisotopic (exact) mass is 420 g/mol. The molecule has 0 aromatic heterocycles. The van der Waals surface area contributed by atoms with Crippen LogP contribution in [-0.2, 0) is 16.1 Å². The first kappa shape index (κ1) is 19.4. The molecule has 1 unspecified atom stereocenters. The summed E-state index contributed by atoms with van der Waals surface area (Å²) in [5.74, 6) is -1.12. The number of carbonyl (C=O) groups excluding carboxylic acids is 3. The van der Waals surface area contributed by atoms with Gasteiger partial charge in [0.05, 0.1) is 0 Å². The molecule has 1 saturated heterocycles. The summed E-state index contributed by atoms with van der Waals surface area (Å²) in [5.41, 5.74) is 2.39. The van der Waals surface area contributed by atoms with Crippen LogP contribution in [0, 0.1) is 0 Å². The fourth-order valence-electron chi connectivity index (χ4n) is 4.52. The third-order valence-corrected chi connectivity index (χ3v) is 6.01. The van der Waals surface area contributed by atoms with Crippen LogP contribution in [0.25, 0.3) is 21.9 Å². The highest BCUT2D eigenvalue weighted by Gasteiger charge is 2.40. The maximum atomic E-state index is 13.6. The van der Waals surface area contributed by atoms with Gasteiger partial charge < -0.3 is 4.90 Å². The Labute approximate surface area is 176 Å². The van der Waals surface area contributed by atoms with Crippen molar-refractivity contribution in [2.45, 2.75) is 31.9 Å². The van der Waals surface area contributed by atoms with E-state index in [1.165, 1.54) is 17.0 Å². The molecule has 2 heterocycles. The number of hydrogen-bond donors (Lipinski definition) is 1. The molecule has 0 saturated carbocycles. The molecule has 31 heavy (non-hydrogen) atoms. The van der Waals surface area contributed by atoms with Crippen LogP contribution in [0.1, 0.15) is 40.8 Å². The molecule has 2 aliphatic heterocycles. The average molecular weight is 420 g/mol. The maximum Gasteiger partial charge on any atom is 0.263 e. The zero-order valence-corrected chi connectivity index (χ0v) is 16.4. The van der Waals surface area contributed by atoms with Gasteiger partial charge >= 0.3 is 0 Å². The normalized spacial score (nSPS) is 18.6. The first-order valence-electron chi connectivity index (χ1n) is 10.0. The summed E-state index contributed by atoms with van der Waals surface area (Å²) in [6.07, 6.45) is -2.18. The van der Waals surface area contributed by atoms with Gasteiger partial charge in [-0.2, -0.15) is 0 Å². The number of carbonyl (C=O) groups is 3. The largest absolute Gasteiger partial charge is 0.322 e. The third kappa shape index (κ3) is 3.17. The van der Waals surface area contributed by atoms with Crippen molar-refractivity contribution in [1.29, 1.82) is 0 Å². The number of imide groups is 1. The Bertz CT molecular complexity index is 1250. The number of piperidine rings is 1. The molecular formula is C24H18F2N2O3. The van der Waals surface area contributed by atoms with E-state index in [0.29, 0.717) is 27.6 Å². The van der Waals surface area contributed by atoms with Gasteiger partial charge in [0.2, 0.25) is 11.8 Å². The number of hydrogen-bond acceptors (Lipinski definition) is 3. The minimum Gasteiger partial charge on any atom is -0.322 e. The number of rotatable bonds is 3. The van der Waals surface area contributed by atoms with Gasteiger partial charge in [0.25, 0.3) is 12.3 Å². The van der Waals surface area contributed by atoms with Crippen LogP contribution in [-0.4, -0.2) is 28.7 Å². The Morgan fingerprint density at radius 1 is 0.935 bits per heavy atom. The lowest BCUT2D eigenvalue weighted by molar-refractivity contribution is -0.136. The van der Waals surface area contributed by atoms with E-state index in [2.05, 4.69) is 5.32 Å². The van der Waals surface area contributed by atoms with E-state index in [4.69, 9.17) is 0 Å². The standard InChI is InChI=1S/C24H18F2N2O3/c25-22(26)14-10-13-4-1-2-5-15(13)18(11-14)16-6-3-7-17-19(16)12-28(24(17)31)20-8-9-21(29)27-23(20)30/h1-7,10-11,20,22H,8-9,12H2,(H,27,29,30). The molecule has 156 valence electrons. The number of fused-ring (bicyclic) bond motifs is 2. The molecule has 5 nitrogen and oxygen atoms in total. The van der Waals surface area contributed by atoms with Gasteiger partial charge in [-0.1, -0.05) is 36.4 Å². The quantitative estimate of drug-likeness (QED) is 0.646. The van der Waals surface area contributed by atoms with Crippen molar-refractivity contribution >= 4 is 28.5 Å². The summed E-state index contributed by atoms with van der Waals surface area (Å²) >= 11 is 0. The van der Waals surface area contributed by atoms with Gasteiger partial charge in [-0.15, -0.1) is 0 Å². The van der Waals surface area contributed by atoms with E-state index in [-0.39, 0.29) is 36.8 Å². The summed E-state index contributed by atoms with van der Waals surface area (Å²) in [5, 5.41) is 3.79. The summed E-state index contributed by atoms with van der Waals surface area (Å²) in [6, 6.07) is 14.8. The highest BCUT2D eigenvalue weighted by atomic mass is 19.3. The van der Waals surface area contributed by atoms with E-state index in [9.17, 15) is 23.2 Å². The van der Waals surface area contributed by atoms with Gasteiger partial charge in [0, 0.05) is 24.1 Å². The van der Waals surface area contributed by atoms with E-state index in [0.717, 1.165) is 5.39 Å². The molecule has 1 atom stereocenters. The van der Waals surface area contributed by atoms with Gasteiger partial charge in [0.15, 0.2) is 0 Å². The van der Waals surface area contributed by atoms with Gasteiger partial charge in [0.1, 0.15) is 6.04 Å². The molecule has 3 amide bonds. The van der Waals surface area contributed by atoms with Crippen LogP contribution in [0.4, 0.5) is 8.78 Å². The van der Waals surface area contributed by atoms with Crippen LogP contribution < -0.4 is 5.32 Å². The molecule has 1 N–H and O–H groups in total.